The van der Waals surface area contributed by atoms with Crippen molar-refractivity contribution in [3.8, 4) is 0 Å². The summed E-state index contributed by atoms with van der Waals surface area (Å²) in [6.07, 6.45) is 2.92. The predicted molar refractivity (Wildman–Crippen MR) is 119 cm³/mol. The Morgan fingerprint density at radius 2 is 1.96 bits per heavy atom. The van der Waals surface area contributed by atoms with E-state index in [1.165, 1.54) is 16.6 Å². The number of hydrogen-bond acceptors (Lipinski definition) is 2. The minimum atomic E-state index is 0. The zero-order chi connectivity index (χ0) is 17.5. The molecule has 0 bridgehead atoms. The van der Waals surface area contributed by atoms with Crippen molar-refractivity contribution in [2.45, 2.75) is 26.4 Å². The van der Waals surface area contributed by atoms with E-state index in [0.717, 1.165) is 37.5 Å². The van der Waals surface area contributed by atoms with Crippen molar-refractivity contribution < 1.29 is 0 Å². The number of nitrogens with one attached hydrogen (secondary N) is 2. The molecule has 5 nitrogen and oxygen atoms in total. The normalized spacial score (nSPS) is 11.2. The fourth-order valence-corrected chi connectivity index (χ4v) is 2.87. The second-order valence-electron chi connectivity index (χ2n) is 6.12. The standard InChI is InChI=1S/C20H25N5.HI/c1-16-7-5-8-17(13-16)14-23-20(21-2)22-11-6-12-25-15-24-18-9-3-4-10-19(18)25;/h3-5,7-10,13,15H,6,11-12,14H2,1-2H3,(H2,21,22,23);1H. The summed E-state index contributed by atoms with van der Waals surface area (Å²) in [6.45, 7) is 4.67. The largest absolute Gasteiger partial charge is 0.356 e. The fourth-order valence-electron chi connectivity index (χ4n) is 2.87. The molecule has 0 aliphatic heterocycles. The molecule has 0 saturated carbocycles. The van der Waals surface area contributed by atoms with Crippen molar-refractivity contribution in [3.63, 3.8) is 0 Å². The zero-order valence-corrected chi connectivity index (χ0v) is 17.6. The molecular formula is C20H26IN5. The number of halogens is 1. The quantitative estimate of drug-likeness (QED) is 0.254. The van der Waals surface area contributed by atoms with Crippen LogP contribution in [0.4, 0.5) is 0 Å². The molecule has 0 aliphatic rings. The molecule has 3 rings (SSSR count). The third-order valence-electron chi connectivity index (χ3n) is 4.16. The van der Waals surface area contributed by atoms with Crippen molar-refractivity contribution in [3.05, 3.63) is 66.0 Å². The smallest absolute Gasteiger partial charge is 0.191 e. The van der Waals surface area contributed by atoms with E-state index in [-0.39, 0.29) is 24.0 Å². The van der Waals surface area contributed by atoms with E-state index in [1.54, 1.807) is 7.05 Å². The van der Waals surface area contributed by atoms with Crippen LogP contribution in [0.2, 0.25) is 0 Å². The van der Waals surface area contributed by atoms with E-state index in [0.29, 0.717) is 0 Å². The predicted octanol–water partition coefficient (Wildman–Crippen LogP) is 3.72. The molecule has 3 aromatic rings. The van der Waals surface area contributed by atoms with Crippen LogP contribution in [0.5, 0.6) is 0 Å². The van der Waals surface area contributed by atoms with Gasteiger partial charge in [0, 0.05) is 26.7 Å². The minimum Gasteiger partial charge on any atom is -0.356 e. The first-order valence-corrected chi connectivity index (χ1v) is 8.66. The third kappa shape index (κ3) is 5.45. The average molecular weight is 463 g/mol. The minimum absolute atomic E-state index is 0. The van der Waals surface area contributed by atoms with Gasteiger partial charge in [-0.15, -0.1) is 24.0 Å². The molecule has 0 saturated heterocycles. The number of aryl methyl sites for hydroxylation is 2. The fraction of sp³-hybridized carbons (Fsp3) is 0.300. The summed E-state index contributed by atoms with van der Waals surface area (Å²) < 4.78 is 2.19. The molecule has 1 heterocycles. The molecule has 138 valence electrons. The Morgan fingerprint density at radius 3 is 2.77 bits per heavy atom. The molecule has 2 aromatic carbocycles. The number of benzene rings is 2. The van der Waals surface area contributed by atoms with Gasteiger partial charge < -0.3 is 15.2 Å². The highest BCUT2D eigenvalue weighted by Crippen LogP contribution is 2.11. The van der Waals surface area contributed by atoms with E-state index >= 15 is 0 Å². The van der Waals surface area contributed by atoms with E-state index in [4.69, 9.17) is 0 Å². The highest BCUT2D eigenvalue weighted by Gasteiger charge is 2.02. The van der Waals surface area contributed by atoms with Crippen LogP contribution in [0.15, 0.2) is 59.9 Å². The van der Waals surface area contributed by atoms with Gasteiger partial charge in [-0.05, 0) is 31.0 Å². The number of aliphatic imine (C=N–C) groups is 1. The van der Waals surface area contributed by atoms with Crippen molar-refractivity contribution in [2.75, 3.05) is 13.6 Å². The van der Waals surface area contributed by atoms with Crippen molar-refractivity contribution in [2.24, 2.45) is 4.99 Å². The van der Waals surface area contributed by atoms with Gasteiger partial charge in [-0.3, -0.25) is 4.99 Å². The maximum atomic E-state index is 4.43. The average Bonchev–Trinajstić information content (AvgIpc) is 3.04. The number of aromatic nitrogens is 2. The van der Waals surface area contributed by atoms with Gasteiger partial charge in [-0.2, -0.15) is 0 Å². The van der Waals surface area contributed by atoms with Crippen LogP contribution in [0.25, 0.3) is 11.0 Å². The first-order valence-electron chi connectivity index (χ1n) is 8.66. The molecule has 0 fully saturated rings. The monoisotopic (exact) mass is 463 g/mol. The number of guanidine groups is 1. The van der Waals surface area contributed by atoms with Gasteiger partial charge >= 0.3 is 0 Å². The molecule has 26 heavy (non-hydrogen) atoms. The molecule has 0 amide bonds. The SMILES string of the molecule is CN=C(NCCCn1cnc2ccccc21)NCc1cccc(C)c1.I. The van der Waals surface area contributed by atoms with Gasteiger partial charge in [0.25, 0.3) is 0 Å². The molecule has 1 aromatic heterocycles. The topological polar surface area (TPSA) is 54.2 Å². The second-order valence-corrected chi connectivity index (χ2v) is 6.12. The Morgan fingerprint density at radius 1 is 1.12 bits per heavy atom. The lowest BCUT2D eigenvalue weighted by Gasteiger charge is -2.12. The summed E-state index contributed by atoms with van der Waals surface area (Å²) in [7, 11) is 1.80. The van der Waals surface area contributed by atoms with Gasteiger partial charge in [0.05, 0.1) is 17.4 Å². The molecule has 0 atom stereocenters. The molecule has 6 heteroatoms. The molecule has 0 aliphatic carbocycles. The molecule has 2 N–H and O–H groups in total. The van der Waals surface area contributed by atoms with Crippen molar-refractivity contribution >= 4 is 41.0 Å². The lowest BCUT2D eigenvalue weighted by molar-refractivity contribution is 0.637. The Labute approximate surface area is 172 Å². The first kappa shape index (κ1) is 20.2. The van der Waals surface area contributed by atoms with Crippen molar-refractivity contribution in [1.82, 2.24) is 20.2 Å². The molecule has 0 spiro atoms. The Bertz CT molecular complexity index is 856. The molecular weight excluding hydrogens is 437 g/mol. The lowest BCUT2D eigenvalue weighted by atomic mass is 10.1. The Hall–Kier alpha value is -2.09. The van der Waals surface area contributed by atoms with Gasteiger partial charge in [-0.25, -0.2) is 4.98 Å². The first-order chi connectivity index (χ1) is 12.3. The lowest BCUT2D eigenvalue weighted by Crippen LogP contribution is -2.37. The third-order valence-corrected chi connectivity index (χ3v) is 4.16. The number of hydrogen-bond donors (Lipinski definition) is 2. The summed E-state index contributed by atoms with van der Waals surface area (Å²) in [5.74, 6) is 0.831. The number of fused-ring (bicyclic) bond motifs is 1. The van der Waals surface area contributed by atoms with E-state index in [9.17, 15) is 0 Å². The van der Waals surface area contributed by atoms with Crippen LogP contribution in [-0.2, 0) is 13.1 Å². The second kappa shape index (κ2) is 10.2. The van der Waals surface area contributed by atoms with Crippen LogP contribution < -0.4 is 10.6 Å². The number of rotatable bonds is 6. The van der Waals surface area contributed by atoms with E-state index < -0.39 is 0 Å². The molecule has 0 radical (unpaired) electrons. The zero-order valence-electron chi connectivity index (χ0n) is 15.3. The summed E-state index contributed by atoms with van der Waals surface area (Å²) in [4.78, 5) is 8.71. The van der Waals surface area contributed by atoms with Crippen molar-refractivity contribution in [1.29, 1.82) is 0 Å². The van der Waals surface area contributed by atoms with Crippen LogP contribution in [-0.4, -0.2) is 29.1 Å². The Kier molecular flexibility index (Phi) is 7.90. The van der Waals surface area contributed by atoms with Crippen LogP contribution in [0.3, 0.4) is 0 Å². The van der Waals surface area contributed by atoms with Gasteiger partial charge in [0.15, 0.2) is 5.96 Å². The van der Waals surface area contributed by atoms with Crippen LogP contribution >= 0.6 is 24.0 Å². The summed E-state index contributed by atoms with van der Waals surface area (Å²) in [6, 6.07) is 16.7. The Balaban J connectivity index is 0.00000243. The van der Waals surface area contributed by atoms with Crippen LogP contribution in [0.1, 0.15) is 17.5 Å². The maximum absolute atomic E-state index is 4.43. The summed E-state index contributed by atoms with van der Waals surface area (Å²) >= 11 is 0. The van der Waals surface area contributed by atoms with Gasteiger partial charge in [0.2, 0.25) is 0 Å². The molecule has 0 unspecified atom stereocenters. The summed E-state index contributed by atoms with van der Waals surface area (Å²) in [5.41, 5.74) is 4.76. The van der Waals surface area contributed by atoms with E-state index in [1.807, 2.05) is 18.5 Å². The number of nitrogens with zero attached hydrogens (tertiary/aromatic N) is 3. The maximum Gasteiger partial charge on any atom is 0.191 e. The summed E-state index contributed by atoms with van der Waals surface area (Å²) in [5, 5.41) is 6.73. The van der Waals surface area contributed by atoms with Gasteiger partial charge in [-0.1, -0.05) is 42.0 Å². The highest BCUT2D eigenvalue weighted by molar-refractivity contribution is 14.0. The number of para-hydroxylation sites is 2. The van der Waals surface area contributed by atoms with E-state index in [2.05, 4.69) is 68.5 Å². The highest BCUT2D eigenvalue weighted by atomic mass is 127. The van der Waals surface area contributed by atoms with Gasteiger partial charge in [0.1, 0.15) is 0 Å². The number of imidazole rings is 1. The van der Waals surface area contributed by atoms with Crippen LogP contribution in [0, 0.1) is 6.92 Å².